The predicted octanol–water partition coefficient (Wildman–Crippen LogP) is 1.85. The molecule has 1 fully saturated rings. The maximum Gasteiger partial charge on any atom is 0.170 e. The SMILES string of the molecule is O=C1C2=C3CCCC3C1C=C2. The molecular formula is C10H10O. The first-order valence-electron chi connectivity index (χ1n) is 4.33. The lowest BCUT2D eigenvalue weighted by Crippen LogP contribution is -2.10. The van der Waals surface area contributed by atoms with Crippen LogP contribution in [0.4, 0.5) is 0 Å². The number of ketones is 1. The molecule has 0 saturated heterocycles. The molecule has 0 heterocycles. The van der Waals surface area contributed by atoms with Gasteiger partial charge in [0.25, 0.3) is 0 Å². The molecular weight excluding hydrogens is 136 g/mol. The quantitative estimate of drug-likeness (QED) is 0.509. The van der Waals surface area contributed by atoms with Crippen LogP contribution in [-0.4, -0.2) is 5.78 Å². The second-order valence-electron chi connectivity index (χ2n) is 3.69. The molecule has 1 saturated carbocycles. The minimum atomic E-state index is 0.266. The maximum absolute atomic E-state index is 11.5. The monoisotopic (exact) mass is 146 g/mol. The molecule has 0 amide bonds. The van der Waals surface area contributed by atoms with Crippen molar-refractivity contribution in [3.63, 3.8) is 0 Å². The van der Waals surface area contributed by atoms with Gasteiger partial charge in [-0.05, 0) is 25.2 Å². The average Bonchev–Trinajstić information content (AvgIpc) is 2.61. The minimum absolute atomic E-state index is 0.266. The van der Waals surface area contributed by atoms with E-state index in [9.17, 15) is 4.79 Å². The molecule has 56 valence electrons. The van der Waals surface area contributed by atoms with Crippen molar-refractivity contribution in [2.45, 2.75) is 19.3 Å². The number of hydrogen-bond donors (Lipinski definition) is 0. The number of carbonyl (C=O) groups is 1. The molecule has 2 unspecified atom stereocenters. The Morgan fingerprint density at radius 1 is 1.45 bits per heavy atom. The third-order valence-electron chi connectivity index (χ3n) is 3.23. The van der Waals surface area contributed by atoms with E-state index >= 15 is 0 Å². The lowest BCUT2D eigenvalue weighted by molar-refractivity contribution is -0.117. The van der Waals surface area contributed by atoms with Crippen LogP contribution < -0.4 is 0 Å². The van der Waals surface area contributed by atoms with Crippen LogP contribution in [0.1, 0.15) is 19.3 Å². The van der Waals surface area contributed by atoms with E-state index in [0.29, 0.717) is 11.7 Å². The van der Waals surface area contributed by atoms with Crippen molar-refractivity contribution in [1.82, 2.24) is 0 Å². The standard InChI is InChI=1S/C10H10O/c11-10-8-4-5-9(10)7-3-1-2-6(7)8/h4-6,8H,1-3H2. The summed E-state index contributed by atoms with van der Waals surface area (Å²) in [7, 11) is 0. The second kappa shape index (κ2) is 1.66. The van der Waals surface area contributed by atoms with Gasteiger partial charge in [0.2, 0.25) is 0 Å². The third kappa shape index (κ3) is 0.515. The third-order valence-corrected chi connectivity index (χ3v) is 3.23. The van der Waals surface area contributed by atoms with Gasteiger partial charge in [-0.2, -0.15) is 0 Å². The summed E-state index contributed by atoms with van der Waals surface area (Å²) < 4.78 is 0. The number of rotatable bonds is 0. The van der Waals surface area contributed by atoms with E-state index in [4.69, 9.17) is 0 Å². The van der Waals surface area contributed by atoms with Crippen LogP contribution in [0.5, 0.6) is 0 Å². The van der Waals surface area contributed by atoms with Crippen LogP contribution in [0.15, 0.2) is 23.3 Å². The molecule has 0 spiro atoms. The number of hydrogen-bond acceptors (Lipinski definition) is 1. The average molecular weight is 146 g/mol. The zero-order valence-corrected chi connectivity index (χ0v) is 6.34. The van der Waals surface area contributed by atoms with E-state index in [0.717, 1.165) is 5.57 Å². The fourth-order valence-corrected chi connectivity index (χ4v) is 2.73. The van der Waals surface area contributed by atoms with E-state index in [1.54, 1.807) is 0 Å². The van der Waals surface area contributed by atoms with Gasteiger partial charge in [0.05, 0.1) is 0 Å². The molecule has 0 aromatic rings. The smallest absolute Gasteiger partial charge is 0.170 e. The molecule has 1 nitrogen and oxygen atoms in total. The Bertz CT molecular complexity index is 296. The first-order valence-corrected chi connectivity index (χ1v) is 4.33. The van der Waals surface area contributed by atoms with E-state index in [-0.39, 0.29) is 5.92 Å². The number of Topliss-reactive ketones (excluding diaryl/α,β-unsaturated/α-hetero) is 1. The largest absolute Gasteiger partial charge is 0.293 e. The lowest BCUT2D eigenvalue weighted by Gasteiger charge is -2.10. The van der Waals surface area contributed by atoms with Crippen LogP contribution in [0, 0.1) is 11.8 Å². The molecule has 3 aliphatic rings. The highest BCUT2D eigenvalue weighted by Gasteiger charge is 2.44. The number of allylic oxidation sites excluding steroid dienone is 4. The molecule has 3 aliphatic carbocycles. The van der Waals surface area contributed by atoms with Crippen LogP contribution in [0.3, 0.4) is 0 Å². The van der Waals surface area contributed by atoms with Gasteiger partial charge in [0.1, 0.15) is 0 Å². The second-order valence-corrected chi connectivity index (χ2v) is 3.69. The van der Waals surface area contributed by atoms with Crippen molar-refractivity contribution in [3.8, 4) is 0 Å². The highest BCUT2D eigenvalue weighted by atomic mass is 16.1. The highest BCUT2D eigenvalue weighted by Crippen LogP contribution is 2.49. The summed E-state index contributed by atoms with van der Waals surface area (Å²) in [5.74, 6) is 1.30. The Balaban J connectivity index is 2.21. The van der Waals surface area contributed by atoms with Gasteiger partial charge < -0.3 is 0 Å². The van der Waals surface area contributed by atoms with Gasteiger partial charge in [-0.3, -0.25) is 4.79 Å². The zero-order chi connectivity index (χ0) is 7.42. The maximum atomic E-state index is 11.5. The number of fused-ring (bicyclic) bond motifs is 4. The topological polar surface area (TPSA) is 17.1 Å². The van der Waals surface area contributed by atoms with Crippen LogP contribution in [0.2, 0.25) is 0 Å². The van der Waals surface area contributed by atoms with Gasteiger partial charge in [-0.1, -0.05) is 17.7 Å². The molecule has 11 heavy (non-hydrogen) atoms. The van der Waals surface area contributed by atoms with Crippen molar-refractivity contribution in [2.24, 2.45) is 11.8 Å². The van der Waals surface area contributed by atoms with Crippen molar-refractivity contribution in [2.75, 3.05) is 0 Å². The van der Waals surface area contributed by atoms with E-state index in [1.165, 1.54) is 24.8 Å². The van der Waals surface area contributed by atoms with E-state index in [1.807, 2.05) is 6.08 Å². The molecule has 1 heteroatoms. The van der Waals surface area contributed by atoms with Gasteiger partial charge >= 0.3 is 0 Å². The van der Waals surface area contributed by atoms with Gasteiger partial charge in [0, 0.05) is 11.5 Å². The Morgan fingerprint density at radius 3 is 3.18 bits per heavy atom. The Labute approximate surface area is 65.8 Å². The Morgan fingerprint density at radius 2 is 2.36 bits per heavy atom. The highest BCUT2D eigenvalue weighted by molar-refractivity contribution is 6.07. The summed E-state index contributed by atoms with van der Waals surface area (Å²) in [4.78, 5) is 11.5. The normalized spacial score (nSPS) is 39.1. The summed E-state index contributed by atoms with van der Waals surface area (Å²) in [5, 5.41) is 0. The zero-order valence-electron chi connectivity index (χ0n) is 6.34. The van der Waals surface area contributed by atoms with Gasteiger partial charge in [-0.15, -0.1) is 0 Å². The molecule has 2 atom stereocenters. The number of carbonyl (C=O) groups excluding carboxylic acids is 1. The van der Waals surface area contributed by atoms with Crippen LogP contribution in [0.25, 0.3) is 0 Å². The van der Waals surface area contributed by atoms with E-state index in [2.05, 4.69) is 6.08 Å². The fraction of sp³-hybridized carbons (Fsp3) is 0.500. The molecule has 3 rings (SSSR count). The summed E-state index contributed by atoms with van der Waals surface area (Å²) in [5.41, 5.74) is 2.54. The molecule has 2 bridgehead atoms. The fourth-order valence-electron chi connectivity index (χ4n) is 2.73. The van der Waals surface area contributed by atoms with Crippen LogP contribution in [-0.2, 0) is 4.79 Å². The molecule has 0 N–H and O–H groups in total. The van der Waals surface area contributed by atoms with Crippen molar-refractivity contribution in [1.29, 1.82) is 0 Å². The minimum Gasteiger partial charge on any atom is -0.293 e. The van der Waals surface area contributed by atoms with Crippen molar-refractivity contribution < 1.29 is 4.79 Å². The summed E-state index contributed by atoms with van der Waals surface area (Å²) in [6, 6.07) is 0. The molecule has 0 radical (unpaired) electrons. The van der Waals surface area contributed by atoms with Crippen molar-refractivity contribution >= 4 is 5.78 Å². The van der Waals surface area contributed by atoms with Crippen molar-refractivity contribution in [3.05, 3.63) is 23.3 Å². The van der Waals surface area contributed by atoms with E-state index < -0.39 is 0 Å². The summed E-state index contributed by atoms with van der Waals surface area (Å²) >= 11 is 0. The van der Waals surface area contributed by atoms with Gasteiger partial charge in [0.15, 0.2) is 5.78 Å². The molecule has 0 aromatic heterocycles. The predicted molar refractivity (Wildman–Crippen MR) is 42.0 cm³/mol. The lowest BCUT2D eigenvalue weighted by atomic mass is 9.92. The van der Waals surface area contributed by atoms with Gasteiger partial charge in [-0.25, -0.2) is 0 Å². The first kappa shape index (κ1) is 5.76. The summed E-state index contributed by atoms with van der Waals surface area (Å²) in [6.45, 7) is 0. The molecule has 0 aromatic carbocycles. The summed E-state index contributed by atoms with van der Waals surface area (Å²) in [6.07, 6.45) is 7.86. The van der Waals surface area contributed by atoms with Crippen LogP contribution >= 0.6 is 0 Å². The Hall–Kier alpha value is -0.850. The molecule has 0 aliphatic heterocycles. The Kier molecular flexibility index (Phi) is 0.867. The first-order chi connectivity index (χ1) is 5.38.